The van der Waals surface area contributed by atoms with E-state index in [0.29, 0.717) is 19.7 Å². The minimum atomic E-state index is -0.345. The van der Waals surface area contributed by atoms with Crippen molar-refractivity contribution in [1.82, 2.24) is 20.0 Å². The first-order valence-electron chi connectivity index (χ1n) is 6.51. The lowest BCUT2D eigenvalue weighted by molar-refractivity contribution is -0.148. The van der Waals surface area contributed by atoms with Crippen LogP contribution in [0, 0.1) is 0 Å². The maximum Gasteiger partial charge on any atom is 0.244 e. The van der Waals surface area contributed by atoms with Crippen LogP contribution in [0.15, 0.2) is 12.4 Å². The van der Waals surface area contributed by atoms with Gasteiger partial charge in [-0.25, -0.2) is 0 Å². The van der Waals surface area contributed by atoms with E-state index in [4.69, 9.17) is 4.74 Å². The number of hydrogen-bond acceptors (Lipinski definition) is 4. The van der Waals surface area contributed by atoms with E-state index < -0.39 is 0 Å². The molecule has 19 heavy (non-hydrogen) atoms. The second kappa shape index (κ2) is 5.30. The van der Waals surface area contributed by atoms with Gasteiger partial charge in [-0.3, -0.25) is 9.48 Å². The number of morpholine rings is 1. The van der Waals surface area contributed by atoms with Gasteiger partial charge < -0.3 is 15.0 Å². The van der Waals surface area contributed by atoms with Gasteiger partial charge in [0.25, 0.3) is 0 Å². The summed E-state index contributed by atoms with van der Waals surface area (Å²) in [5.74, 6) is 0.0758. The van der Waals surface area contributed by atoms with Gasteiger partial charge in [-0.15, -0.1) is 0 Å². The van der Waals surface area contributed by atoms with Crippen molar-refractivity contribution in [2.24, 2.45) is 7.05 Å². The van der Waals surface area contributed by atoms with Crippen LogP contribution in [-0.4, -0.2) is 52.9 Å². The molecule has 0 radical (unpaired) electrons. The van der Waals surface area contributed by atoms with Crippen molar-refractivity contribution in [2.45, 2.75) is 25.5 Å². The molecule has 0 aromatic carbocycles. The van der Waals surface area contributed by atoms with Crippen LogP contribution in [0.3, 0.4) is 0 Å². The summed E-state index contributed by atoms with van der Waals surface area (Å²) in [6.45, 7) is 5.85. The van der Waals surface area contributed by atoms with E-state index in [2.05, 4.69) is 10.4 Å². The van der Waals surface area contributed by atoms with Gasteiger partial charge in [0.15, 0.2) is 0 Å². The third kappa shape index (κ3) is 3.13. The zero-order valence-electron chi connectivity index (χ0n) is 12.0. The fraction of sp³-hybridized carbons (Fsp3) is 0.692. The van der Waals surface area contributed by atoms with Gasteiger partial charge in [0.1, 0.15) is 6.04 Å². The lowest BCUT2D eigenvalue weighted by Gasteiger charge is -2.39. The van der Waals surface area contributed by atoms with Crippen molar-refractivity contribution in [3.8, 4) is 0 Å². The molecule has 1 atom stereocenters. The Morgan fingerprint density at radius 3 is 2.84 bits per heavy atom. The summed E-state index contributed by atoms with van der Waals surface area (Å²) in [4.78, 5) is 14.5. The largest absolute Gasteiger partial charge is 0.372 e. The predicted molar refractivity (Wildman–Crippen MR) is 71.6 cm³/mol. The van der Waals surface area contributed by atoms with Gasteiger partial charge in [0.05, 0.1) is 18.4 Å². The number of nitrogens with one attached hydrogen (secondary N) is 1. The Morgan fingerprint density at radius 1 is 1.58 bits per heavy atom. The maximum absolute atomic E-state index is 12.6. The van der Waals surface area contributed by atoms with Crippen molar-refractivity contribution < 1.29 is 9.53 Å². The number of aromatic nitrogens is 2. The van der Waals surface area contributed by atoms with Gasteiger partial charge in [-0.1, -0.05) is 0 Å². The van der Waals surface area contributed by atoms with Crippen LogP contribution < -0.4 is 5.32 Å². The van der Waals surface area contributed by atoms with Crippen LogP contribution in [-0.2, 0) is 16.6 Å². The monoisotopic (exact) mass is 266 g/mol. The predicted octanol–water partition coefficient (Wildman–Crippen LogP) is 0.318. The Labute approximate surface area is 113 Å². The molecule has 6 heteroatoms. The van der Waals surface area contributed by atoms with E-state index in [1.807, 2.05) is 32.0 Å². The van der Waals surface area contributed by atoms with Crippen LogP contribution in [0.2, 0.25) is 0 Å². The highest BCUT2D eigenvalue weighted by Gasteiger charge is 2.33. The van der Waals surface area contributed by atoms with E-state index in [-0.39, 0.29) is 17.6 Å². The van der Waals surface area contributed by atoms with E-state index in [9.17, 15) is 4.79 Å². The van der Waals surface area contributed by atoms with E-state index in [1.165, 1.54) is 0 Å². The van der Waals surface area contributed by atoms with Crippen LogP contribution >= 0.6 is 0 Å². The van der Waals surface area contributed by atoms with Crippen molar-refractivity contribution in [1.29, 1.82) is 0 Å². The fourth-order valence-corrected chi connectivity index (χ4v) is 2.41. The Bertz CT molecular complexity index is 455. The Balaban J connectivity index is 2.12. The van der Waals surface area contributed by atoms with Gasteiger partial charge in [0, 0.05) is 31.9 Å². The molecule has 1 aliphatic rings. The number of ether oxygens (including phenoxy) is 1. The smallest absolute Gasteiger partial charge is 0.244 e. The molecule has 6 nitrogen and oxygen atoms in total. The first-order chi connectivity index (χ1) is 8.93. The summed E-state index contributed by atoms with van der Waals surface area (Å²) in [6, 6.07) is -0.345. The number of aryl methyl sites for hydroxylation is 1. The summed E-state index contributed by atoms with van der Waals surface area (Å²) in [5.41, 5.74) is 0.612. The number of rotatable bonds is 3. The van der Waals surface area contributed by atoms with Crippen LogP contribution in [0.1, 0.15) is 25.5 Å². The minimum Gasteiger partial charge on any atom is -0.372 e. The first-order valence-corrected chi connectivity index (χ1v) is 6.51. The van der Waals surface area contributed by atoms with E-state index in [1.54, 1.807) is 17.9 Å². The second-order valence-corrected chi connectivity index (χ2v) is 5.54. The standard InChI is InChI=1S/C13H22N4O2/c1-13(2)9-17(5-6-19-13)12(18)11(14-3)10-7-15-16(4)8-10/h7-8,11,14H,5-6,9H2,1-4H3. The van der Waals surface area contributed by atoms with Gasteiger partial charge in [-0.05, 0) is 20.9 Å². The SMILES string of the molecule is CNC(C(=O)N1CCOC(C)(C)C1)c1cnn(C)c1. The van der Waals surface area contributed by atoms with Crippen molar-refractivity contribution in [3.63, 3.8) is 0 Å². The second-order valence-electron chi connectivity index (χ2n) is 5.54. The summed E-state index contributed by atoms with van der Waals surface area (Å²) >= 11 is 0. The third-order valence-corrected chi connectivity index (χ3v) is 3.33. The molecule has 0 aliphatic carbocycles. The molecule has 1 aromatic heterocycles. The van der Waals surface area contributed by atoms with E-state index in [0.717, 1.165) is 5.56 Å². The molecule has 1 amide bonds. The average Bonchev–Trinajstić information content (AvgIpc) is 2.75. The van der Waals surface area contributed by atoms with Crippen LogP contribution in [0.4, 0.5) is 0 Å². The molecule has 0 bridgehead atoms. The van der Waals surface area contributed by atoms with Gasteiger partial charge >= 0.3 is 0 Å². The third-order valence-electron chi connectivity index (χ3n) is 3.33. The normalized spacial score (nSPS) is 20.3. The molecule has 2 heterocycles. The summed E-state index contributed by atoms with van der Waals surface area (Å²) in [5, 5.41) is 7.19. The number of nitrogens with zero attached hydrogens (tertiary/aromatic N) is 3. The highest BCUT2D eigenvalue weighted by Crippen LogP contribution is 2.21. The van der Waals surface area contributed by atoms with Crippen molar-refractivity contribution >= 4 is 5.91 Å². The zero-order valence-corrected chi connectivity index (χ0v) is 12.0. The quantitative estimate of drug-likeness (QED) is 0.856. The number of carbonyl (C=O) groups excluding carboxylic acids is 1. The molecule has 1 aliphatic heterocycles. The highest BCUT2D eigenvalue weighted by atomic mass is 16.5. The molecule has 0 saturated carbocycles. The summed E-state index contributed by atoms with van der Waals surface area (Å²) in [7, 11) is 3.64. The van der Waals surface area contributed by atoms with Crippen molar-refractivity contribution in [3.05, 3.63) is 18.0 Å². The number of likely N-dealkylation sites (N-methyl/N-ethyl adjacent to an activating group) is 1. The highest BCUT2D eigenvalue weighted by molar-refractivity contribution is 5.83. The van der Waals surface area contributed by atoms with Crippen molar-refractivity contribution in [2.75, 3.05) is 26.7 Å². The molecule has 106 valence electrons. The lowest BCUT2D eigenvalue weighted by atomic mass is 10.0. The van der Waals surface area contributed by atoms with E-state index >= 15 is 0 Å². The zero-order chi connectivity index (χ0) is 14.0. The molecule has 1 unspecified atom stereocenters. The fourth-order valence-electron chi connectivity index (χ4n) is 2.41. The number of hydrogen-bond donors (Lipinski definition) is 1. The first kappa shape index (κ1) is 14.0. The molecular weight excluding hydrogens is 244 g/mol. The lowest BCUT2D eigenvalue weighted by Crippen LogP contribution is -2.53. The Kier molecular flexibility index (Phi) is 3.91. The summed E-state index contributed by atoms with van der Waals surface area (Å²) < 4.78 is 7.34. The molecule has 1 saturated heterocycles. The molecular formula is C13H22N4O2. The van der Waals surface area contributed by atoms with Crippen LogP contribution in [0.25, 0.3) is 0 Å². The Hall–Kier alpha value is -1.40. The van der Waals surface area contributed by atoms with Gasteiger partial charge in [-0.2, -0.15) is 5.10 Å². The summed E-state index contributed by atoms with van der Waals surface area (Å²) in [6.07, 6.45) is 3.59. The molecule has 0 spiro atoms. The molecule has 2 rings (SSSR count). The van der Waals surface area contributed by atoms with Crippen LogP contribution in [0.5, 0.6) is 0 Å². The molecule has 1 N–H and O–H groups in total. The topological polar surface area (TPSA) is 59.4 Å². The molecule has 1 fully saturated rings. The molecule has 1 aromatic rings. The minimum absolute atomic E-state index is 0.0758. The average molecular weight is 266 g/mol. The number of carbonyl (C=O) groups is 1. The number of amides is 1. The maximum atomic E-state index is 12.6. The van der Waals surface area contributed by atoms with Gasteiger partial charge in [0.2, 0.25) is 5.91 Å². The Morgan fingerprint density at radius 2 is 2.32 bits per heavy atom.